The third-order valence-electron chi connectivity index (χ3n) is 2.65. The van der Waals surface area contributed by atoms with Crippen molar-refractivity contribution in [3.8, 4) is 5.75 Å². The van der Waals surface area contributed by atoms with Gasteiger partial charge in [0.05, 0.1) is 12.1 Å². The van der Waals surface area contributed by atoms with Gasteiger partial charge in [-0.1, -0.05) is 36.0 Å². The number of aromatic hydroxyl groups is 1. The summed E-state index contributed by atoms with van der Waals surface area (Å²) in [5, 5.41) is 11.9. The fourth-order valence-electron chi connectivity index (χ4n) is 1.81. The summed E-state index contributed by atoms with van der Waals surface area (Å²) in [7, 11) is 0. The molecule has 0 fully saturated rings. The molecule has 0 unspecified atom stereocenters. The van der Waals surface area contributed by atoms with Crippen LogP contribution in [0.25, 0.3) is 0 Å². The van der Waals surface area contributed by atoms with E-state index in [0.717, 1.165) is 0 Å². The predicted octanol–water partition coefficient (Wildman–Crippen LogP) is 3.89. The predicted molar refractivity (Wildman–Crippen MR) is 78.7 cm³/mol. The molecule has 2 aromatic carbocycles. The largest absolute Gasteiger partial charge is 0.508 e. The van der Waals surface area contributed by atoms with E-state index in [9.17, 15) is 18.7 Å². The lowest BCUT2D eigenvalue weighted by atomic mass is 10.1. The molecule has 1 amide bonds. The van der Waals surface area contributed by atoms with Crippen LogP contribution < -0.4 is 5.32 Å². The molecule has 3 nitrogen and oxygen atoms in total. The Morgan fingerprint density at radius 2 is 1.95 bits per heavy atom. The number of phenols is 1. The van der Waals surface area contributed by atoms with Crippen molar-refractivity contribution in [1.29, 1.82) is 0 Å². The first kappa shape index (κ1) is 15.3. The van der Waals surface area contributed by atoms with Crippen LogP contribution in [0.4, 0.5) is 14.5 Å². The van der Waals surface area contributed by atoms with Gasteiger partial charge in [0.15, 0.2) is 0 Å². The van der Waals surface area contributed by atoms with Gasteiger partial charge in [-0.05, 0) is 29.8 Å². The van der Waals surface area contributed by atoms with Gasteiger partial charge in [0.2, 0.25) is 5.91 Å². The molecule has 0 bridgehead atoms. The van der Waals surface area contributed by atoms with E-state index in [-0.39, 0.29) is 18.1 Å². The Bertz CT molecular complexity index is 635. The molecule has 0 saturated heterocycles. The summed E-state index contributed by atoms with van der Waals surface area (Å²) in [5.74, 6) is -2.80. The summed E-state index contributed by atoms with van der Waals surface area (Å²) in [6.07, 6.45) is 0.0576. The first-order chi connectivity index (χ1) is 10.0. The van der Waals surface area contributed by atoms with Crippen molar-refractivity contribution >= 4 is 23.4 Å². The van der Waals surface area contributed by atoms with Crippen LogP contribution in [0.2, 0.25) is 0 Å². The minimum atomic E-state index is -2.55. The maximum absolute atomic E-state index is 12.5. The lowest BCUT2D eigenvalue weighted by Crippen LogP contribution is -2.15. The number of carbonyl (C=O) groups excluding carboxylic acids is 1. The quantitative estimate of drug-likeness (QED) is 0.824. The first-order valence-corrected chi connectivity index (χ1v) is 7.04. The zero-order valence-electron chi connectivity index (χ0n) is 10.9. The second kappa shape index (κ2) is 7.08. The number of carbonyl (C=O) groups is 1. The summed E-state index contributed by atoms with van der Waals surface area (Å²) in [4.78, 5) is 12.3. The Kier molecular flexibility index (Phi) is 5.16. The van der Waals surface area contributed by atoms with E-state index in [1.54, 1.807) is 30.3 Å². The molecule has 0 atom stereocenters. The SMILES string of the molecule is O=C(Cc1cccc(O)c1)Nc1ccccc1SC(F)F. The number of alkyl halides is 2. The fourth-order valence-corrected chi connectivity index (χ4v) is 2.41. The molecular formula is C15H13F2NO2S. The Morgan fingerprint density at radius 3 is 2.67 bits per heavy atom. The van der Waals surface area contributed by atoms with Gasteiger partial charge in [0.1, 0.15) is 5.75 Å². The number of halogens is 2. The third kappa shape index (κ3) is 4.75. The van der Waals surface area contributed by atoms with Crippen molar-refractivity contribution in [2.24, 2.45) is 0 Å². The highest BCUT2D eigenvalue weighted by atomic mass is 32.2. The van der Waals surface area contributed by atoms with E-state index >= 15 is 0 Å². The lowest BCUT2D eigenvalue weighted by Gasteiger charge is -2.10. The zero-order valence-corrected chi connectivity index (χ0v) is 11.7. The highest BCUT2D eigenvalue weighted by molar-refractivity contribution is 7.99. The van der Waals surface area contributed by atoms with Crippen molar-refractivity contribution in [2.45, 2.75) is 17.1 Å². The maximum Gasteiger partial charge on any atom is 0.288 e. The van der Waals surface area contributed by atoms with Crippen LogP contribution in [0, 0.1) is 0 Å². The van der Waals surface area contributed by atoms with Crippen molar-refractivity contribution in [1.82, 2.24) is 0 Å². The molecule has 0 aliphatic heterocycles. The normalized spacial score (nSPS) is 10.6. The van der Waals surface area contributed by atoms with Crippen molar-refractivity contribution < 1.29 is 18.7 Å². The molecule has 0 aliphatic rings. The van der Waals surface area contributed by atoms with Crippen molar-refractivity contribution in [3.63, 3.8) is 0 Å². The van der Waals surface area contributed by atoms with Crippen LogP contribution in [0.5, 0.6) is 5.75 Å². The molecule has 0 spiro atoms. The number of anilines is 1. The highest BCUT2D eigenvalue weighted by Gasteiger charge is 2.12. The van der Waals surface area contributed by atoms with E-state index in [2.05, 4.69) is 5.32 Å². The van der Waals surface area contributed by atoms with Crippen LogP contribution in [0.15, 0.2) is 53.4 Å². The molecule has 0 aliphatic carbocycles. The standard InChI is InChI=1S/C15H13F2NO2S/c16-15(17)21-13-7-2-1-6-12(13)18-14(20)9-10-4-3-5-11(19)8-10/h1-8,15,19H,9H2,(H,18,20). The number of thioether (sulfide) groups is 1. The smallest absolute Gasteiger partial charge is 0.288 e. The van der Waals surface area contributed by atoms with E-state index in [4.69, 9.17) is 0 Å². The molecule has 6 heteroatoms. The molecule has 0 radical (unpaired) electrons. The van der Waals surface area contributed by atoms with Crippen LogP contribution in [-0.4, -0.2) is 16.8 Å². The Labute approximate surface area is 125 Å². The van der Waals surface area contributed by atoms with Crippen molar-refractivity contribution in [2.75, 3.05) is 5.32 Å². The van der Waals surface area contributed by atoms with Crippen molar-refractivity contribution in [3.05, 3.63) is 54.1 Å². The number of rotatable bonds is 5. The van der Waals surface area contributed by atoms with E-state index in [1.807, 2.05) is 0 Å². The Morgan fingerprint density at radius 1 is 1.19 bits per heavy atom. The zero-order chi connectivity index (χ0) is 15.2. The summed E-state index contributed by atoms with van der Waals surface area (Å²) in [6.45, 7) is 0. The molecule has 0 saturated carbocycles. The average Bonchev–Trinajstić information content (AvgIpc) is 2.40. The van der Waals surface area contributed by atoms with Gasteiger partial charge in [0, 0.05) is 4.90 Å². The minimum Gasteiger partial charge on any atom is -0.508 e. The van der Waals surface area contributed by atoms with Crippen LogP contribution >= 0.6 is 11.8 Å². The molecule has 2 aromatic rings. The van der Waals surface area contributed by atoms with Gasteiger partial charge >= 0.3 is 0 Å². The molecule has 0 aromatic heterocycles. The number of hydrogen-bond donors (Lipinski definition) is 2. The average molecular weight is 309 g/mol. The lowest BCUT2D eigenvalue weighted by molar-refractivity contribution is -0.115. The maximum atomic E-state index is 12.5. The van der Waals surface area contributed by atoms with Gasteiger partial charge in [-0.15, -0.1) is 0 Å². The first-order valence-electron chi connectivity index (χ1n) is 6.16. The summed E-state index contributed by atoms with van der Waals surface area (Å²) >= 11 is 0.388. The summed E-state index contributed by atoms with van der Waals surface area (Å²) in [6, 6.07) is 12.7. The second-order valence-electron chi connectivity index (χ2n) is 4.27. The number of nitrogens with one attached hydrogen (secondary N) is 1. The van der Waals surface area contributed by atoms with Crippen LogP contribution in [-0.2, 0) is 11.2 Å². The number of benzene rings is 2. The molecule has 110 valence electrons. The topological polar surface area (TPSA) is 49.3 Å². The molecule has 2 N–H and O–H groups in total. The second-order valence-corrected chi connectivity index (χ2v) is 5.30. The number of amides is 1. The van der Waals surface area contributed by atoms with Gasteiger partial charge in [-0.25, -0.2) is 0 Å². The Balaban J connectivity index is 2.06. The number of hydrogen-bond acceptors (Lipinski definition) is 3. The van der Waals surface area contributed by atoms with E-state index < -0.39 is 5.76 Å². The summed E-state index contributed by atoms with van der Waals surface area (Å²) in [5.41, 5.74) is 0.999. The molecule has 0 heterocycles. The van der Waals surface area contributed by atoms with E-state index in [1.165, 1.54) is 18.2 Å². The molecule has 21 heavy (non-hydrogen) atoms. The fraction of sp³-hybridized carbons (Fsp3) is 0.133. The monoisotopic (exact) mass is 309 g/mol. The summed E-state index contributed by atoms with van der Waals surface area (Å²) < 4.78 is 24.9. The van der Waals surface area contributed by atoms with Crippen LogP contribution in [0.1, 0.15) is 5.56 Å². The van der Waals surface area contributed by atoms with E-state index in [0.29, 0.717) is 27.9 Å². The number of para-hydroxylation sites is 1. The Hall–Kier alpha value is -2.08. The number of phenolic OH excluding ortho intramolecular Hbond substituents is 1. The van der Waals surface area contributed by atoms with Gasteiger partial charge < -0.3 is 10.4 Å². The third-order valence-corrected chi connectivity index (χ3v) is 3.44. The van der Waals surface area contributed by atoms with Gasteiger partial charge in [0.25, 0.3) is 5.76 Å². The molecular weight excluding hydrogens is 296 g/mol. The van der Waals surface area contributed by atoms with Crippen LogP contribution in [0.3, 0.4) is 0 Å². The minimum absolute atomic E-state index is 0.0576. The highest BCUT2D eigenvalue weighted by Crippen LogP contribution is 2.31. The molecule has 2 rings (SSSR count). The van der Waals surface area contributed by atoms with Gasteiger partial charge in [-0.2, -0.15) is 8.78 Å². The van der Waals surface area contributed by atoms with Gasteiger partial charge in [-0.3, -0.25) is 4.79 Å².